The Morgan fingerprint density at radius 1 is 1.25 bits per heavy atom. The average Bonchev–Trinajstić information content (AvgIpc) is 2.26. The van der Waals surface area contributed by atoms with Gasteiger partial charge in [0.05, 0.1) is 12.5 Å². The lowest BCUT2D eigenvalue weighted by molar-refractivity contribution is -0.146. The van der Waals surface area contributed by atoms with Crippen molar-refractivity contribution in [1.82, 2.24) is 0 Å². The summed E-state index contributed by atoms with van der Waals surface area (Å²) in [6.07, 6.45) is 0.425. The van der Waals surface area contributed by atoms with Crippen molar-refractivity contribution in [2.75, 3.05) is 7.11 Å². The first kappa shape index (κ1) is 17.0. The summed E-state index contributed by atoms with van der Waals surface area (Å²) in [5, 5.41) is 9.31. The number of carboxylic acids is 1. The largest absolute Gasteiger partial charge is 0.496 e. The zero-order valence-corrected chi connectivity index (χ0v) is 14.6. The van der Waals surface area contributed by atoms with Gasteiger partial charge < -0.3 is 9.84 Å². The maximum Gasteiger partial charge on any atom is 0.309 e. The quantitative estimate of drug-likeness (QED) is 0.881. The van der Waals surface area contributed by atoms with E-state index in [0.29, 0.717) is 6.42 Å². The topological polar surface area (TPSA) is 46.5 Å². The summed E-state index contributed by atoms with van der Waals surface area (Å²) in [5.41, 5.74) is 1.09. The van der Waals surface area contributed by atoms with Crippen LogP contribution < -0.4 is 4.74 Å². The summed E-state index contributed by atoms with van der Waals surface area (Å²) in [4.78, 5) is 11.3. The van der Waals surface area contributed by atoms with Gasteiger partial charge in [-0.3, -0.25) is 4.79 Å². The van der Waals surface area contributed by atoms with Crippen molar-refractivity contribution in [3.8, 4) is 5.75 Å². The van der Waals surface area contributed by atoms with E-state index in [2.05, 4.69) is 36.7 Å². The Hall–Kier alpha value is -1.03. The molecule has 1 aromatic carbocycles. The number of hydrogen-bond acceptors (Lipinski definition) is 2. The second-order valence-corrected chi connectivity index (χ2v) is 7.68. The first-order chi connectivity index (χ1) is 8.99. The molecule has 4 heteroatoms. The molecule has 0 aliphatic carbocycles. The molecule has 0 fully saturated rings. The molecule has 0 heterocycles. The second-order valence-electron chi connectivity index (χ2n) is 6.76. The van der Waals surface area contributed by atoms with E-state index < -0.39 is 11.4 Å². The molecule has 1 aromatic rings. The molecule has 0 amide bonds. The van der Waals surface area contributed by atoms with Crippen molar-refractivity contribution < 1.29 is 14.6 Å². The fourth-order valence-corrected chi connectivity index (χ4v) is 2.64. The third kappa shape index (κ3) is 3.75. The number of halogens is 1. The Bertz CT molecular complexity index is 513. The first-order valence-electron chi connectivity index (χ1n) is 6.59. The minimum atomic E-state index is -0.830. The maximum absolute atomic E-state index is 11.3. The molecule has 1 N–H and O–H groups in total. The van der Waals surface area contributed by atoms with Gasteiger partial charge in [-0.05, 0) is 43.4 Å². The van der Waals surface area contributed by atoms with E-state index in [0.717, 1.165) is 21.3 Å². The van der Waals surface area contributed by atoms with Crippen molar-refractivity contribution in [2.24, 2.45) is 5.41 Å². The van der Waals surface area contributed by atoms with Crippen LogP contribution in [0.3, 0.4) is 0 Å². The van der Waals surface area contributed by atoms with E-state index in [-0.39, 0.29) is 5.41 Å². The highest BCUT2D eigenvalue weighted by molar-refractivity contribution is 9.10. The van der Waals surface area contributed by atoms with Crippen LogP contribution in [0.5, 0.6) is 5.75 Å². The molecule has 0 radical (unpaired) electrons. The lowest BCUT2D eigenvalue weighted by Gasteiger charge is -2.27. The standard InChI is InChI=1S/C16H23BrO3/c1-15(2,3)12-8-11(17)7-10(13(12)20-6)9-16(4,5)14(18)19/h7-8H,9H2,1-6H3,(H,18,19). The van der Waals surface area contributed by atoms with Gasteiger partial charge in [0, 0.05) is 10.0 Å². The summed E-state index contributed by atoms with van der Waals surface area (Å²) < 4.78 is 6.51. The van der Waals surface area contributed by atoms with Gasteiger partial charge in [-0.2, -0.15) is 0 Å². The summed E-state index contributed by atoms with van der Waals surface area (Å²) >= 11 is 3.51. The minimum absolute atomic E-state index is 0.0722. The smallest absolute Gasteiger partial charge is 0.309 e. The summed E-state index contributed by atoms with van der Waals surface area (Å²) in [6, 6.07) is 3.98. The summed E-state index contributed by atoms with van der Waals surface area (Å²) in [5.74, 6) is -0.0214. The average molecular weight is 343 g/mol. The van der Waals surface area contributed by atoms with Crippen molar-refractivity contribution in [1.29, 1.82) is 0 Å². The number of methoxy groups -OCH3 is 1. The highest BCUT2D eigenvalue weighted by Gasteiger charge is 2.30. The number of benzene rings is 1. The Kier molecular flexibility index (Phi) is 4.90. The number of carbonyl (C=O) groups is 1. The molecule has 0 saturated carbocycles. The predicted molar refractivity (Wildman–Crippen MR) is 84.5 cm³/mol. The molecular weight excluding hydrogens is 320 g/mol. The Morgan fingerprint density at radius 2 is 1.80 bits per heavy atom. The number of hydrogen-bond donors (Lipinski definition) is 1. The molecule has 0 aliphatic heterocycles. The third-order valence-electron chi connectivity index (χ3n) is 3.35. The lowest BCUT2D eigenvalue weighted by Crippen LogP contribution is -2.27. The molecule has 0 atom stereocenters. The monoisotopic (exact) mass is 342 g/mol. The van der Waals surface area contributed by atoms with Crippen LogP contribution in [0.1, 0.15) is 45.7 Å². The van der Waals surface area contributed by atoms with Crippen LogP contribution in [0.25, 0.3) is 0 Å². The molecule has 0 spiro atoms. The van der Waals surface area contributed by atoms with Crippen molar-refractivity contribution in [3.63, 3.8) is 0 Å². The minimum Gasteiger partial charge on any atom is -0.496 e. The number of rotatable bonds is 4. The third-order valence-corrected chi connectivity index (χ3v) is 3.81. The predicted octanol–water partition coefficient (Wildman–Crippen LogP) is 4.41. The molecule has 112 valence electrons. The van der Waals surface area contributed by atoms with Crippen molar-refractivity contribution in [2.45, 2.75) is 46.5 Å². The molecule has 3 nitrogen and oxygen atoms in total. The van der Waals surface area contributed by atoms with Crippen LogP contribution >= 0.6 is 15.9 Å². The van der Waals surface area contributed by atoms with Crippen LogP contribution in [0.4, 0.5) is 0 Å². The fraction of sp³-hybridized carbons (Fsp3) is 0.562. The van der Waals surface area contributed by atoms with Gasteiger partial charge in [-0.25, -0.2) is 0 Å². The molecule has 0 aromatic heterocycles. The van der Waals surface area contributed by atoms with Crippen molar-refractivity contribution in [3.05, 3.63) is 27.7 Å². The highest BCUT2D eigenvalue weighted by Crippen LogP contribution is 2.39. The van der Waals surface area contributed by atoms with Gasteiger partial charge >= 0.3 is 5.97 Å². The number of ether oxygens (including phenoxy) is 1. The second kappa shape index (κ2) is 5.76. The Morgan fingerprint density at radius 3 is 2.20 bits per heavy atom. The van der Waals surface area contributed by atoms with E-state index in [9.17, 15) is 9.90 Å². The maximum atomic E-state index is 11.3. The van der Waals surface area contributed by atoms with Crippen LogP contribution in [-0.2, 0) is 16.6 Å². The Balaban J connectivity index is 3.40. The van der Waals surface area contributed by atoms with E-state index in [1.54, 1.807) is 21.0 Å². The molecule has 0 unspecified atom stereocenters. The van der Waals surface area contributed by atoms with Crippen LogP contribution in [0, 0.1) is 5.41 Å². The van der Waals surface area contributed by atoms with Gasteiger partial charge in [0.1, 0.15) is 5.75 Å². The van der Waals surface area contributed by atoms with E-state index in [4.69, 9.17) is 4.74 Å². The van der Waals surface area contributed by atoms with Crippen LogP contribution in [-0.4, -0.2) is 18.2 Å². The molecule has 0 bridgehead atoms. The van der Waals surface area contributed by atoms with Crippen LogP contribution in [0.2, 0.25) is 0 Å². The zero-order valence-electron chi connectivity index (χ0n) is 13.0. The molecule has 20 heavy (non-hydrogen) atoms. The van der Waals surface area contributed by atoms with Gasteiger partial charge in [-0.1, -0.05) is 36.7 Å². The van der Waals surface area contributed by atoms with Gasteiger partial charge in [0.15, 0.2) is 0 Å². The summed E-state index contributed by atoms with van der Waals surface area (Å²) in [6.45, 7) is 9.80. The Labute approximate surface area is 129 Å². The zero-order chi connectivity index (χ0) is 15.7. The van der Waals surface area contributed by atoms with Crippen LogP contribution in [0.15, 0.2) is 16.6 Å². The van der Waals surface area contributed by atoms with E-state index in [1.165, 1.54) is 0 Å². The molecule has 0 saturated heterocycles. The molecule has 1 rings (SSSR count). The van der Waals surface area contributed by atoms with Gasteiger partial charge in [0.2, 0.25) is 0 Å². The number of carboxylic acid groups (broad SMARTS) is 1. The number of aliphatic carboxylic acids is 1. The highest BCUT2D eigenvalue weighted by atomic mass is 79.9. The van der Waals surface area contributed by atoms with E-state index >= 15 is 0 Å². The first-order valence-corrected chi connectivity index (χ1v) is 7.38. The lowest BCUT2D eigenvalue weighted by atomic mass is 9.81. The van der Waals surface area contributed by atoms with Gasteiger partial charge in [0.25, 0.3) is 0 Å². The molecule has 0 aliphatic rings. The normalized spacial score (nSPS) is 12.3. The summed E-state index contributed by atoms with van der Waals surface area (Å²) in [7, 11) is 1.63. The van der Waals surface area contributed by atoms with Crippen molar-refractivity contribution >= 4 is 21.9 Å². The van der Waals surface area contributed by atoms with E-state index in [1.807, 2.05) is 12.1 Å². The SMILES string of the molecule is COc1c(CC(C)(C)C(=O)O)cc(Br)cc1C(C)(C)C. The fourth-order valence-electron chi connectivity index (χ4n) is 2.13. The van der Waals surface area contributed by atoms with Gasteiger partial charge in [-0.15, -0.1) is 0 Å². The molecular formula is C16H23BrO3.